The molecule has 0 bridgehead atoms. The van der Waals surface area contributed by atoms with E-state index in [-0.39, 0.29) is 11.9 Å². The Kier molecular flexibility index (Phi) is 5.68. The van der Waals surface area contributed by atoms with Crippen molar-refractivity contribution >= 4 is 17.7 Å². The molecule has 0 saturated carbocycles. The van der Waals surface area contributed by atoms with Crippen LogP contribution in [0.2, 0.25) is 0 Å². The van der Waals surface area contributed by atoms with E-state index in [2.05, 4.69) is 71.9 Å². The Morgan fingerprint density at radius 3 is 2.33 bits per heavy atom. The van der Waals surface area contributed by atoms with E-state index in [1.807, 2.05) is 29.2 Å². The van der Waals surface area contributed by atoms with Gasteiger partial charge in [0.2, 0.25) is 0 Å². The molecular formula is C27H25N3O2S. The Morgan fingerprint density at radius 2 is 1.70 bits per heavy atom. The summed E-state index contributed by atoms with van der Waals surface area (Å²) >= 11 is 1.71. The van der Waals surface area contributed by atoms with Gasteiger partial charge in [-0.1, -0.05) is 54.1 Å². The van der Waals surface area contributed by atoms with Gasteiger partial charge in [0.05, 0.1) is 18.8 Å². The first-order valence-corrected chi connectivity index (χ1v) is 12.0. The Morgan fingerprint density at radius 1 is 1.00 bits per heavy atom. The summed E-state index contributed by atoms with van der Waals surface area (Å²) in [4.78, 5) is 16.7. The van der Waals surface area contributed by atoms with Crippen LogP contribution in [0, 0.1) is 6.92 Å². The van der Waals surface area contributed by atoms with Gasteiger partial charge in [-0.15, -0.1) is 11.8 Å². The van der Waals surface area contributed by atoms with Crippen molar-refractivity contribution in [3.8, 4) is 17.0 Å². The normalized spacial score (nSPS) is 15.1. The zero-order valence-corrected chi connectivity index (χ0v) is 19.6. The zero-order chi connectivity index (χ0) is 22.9. The average molecular weight is 456 g/mol. The lowest BCUT2D eigenvalue weighted by molar-refractivity contribution is 0.0730. The third kappa shape index (κ3) is 3.91. The van der Waals surface area contributed by atoms with Crippen LogP contribution in [0.4, 0.5) is 0 Å². The lowest BCUT2D eigenvalue weighted by Crippen LogP contribution is -2.29. The van der Waals surface area contributed by atoms with Crippen molar-refractivity contribution in [2.75, 3.05) is 13.4 Å². The summed E-state index contributed by atoms with van der Waals surface area (Å²) in [6.45, 7) is 2.56. The number of thioether (sulfide) groups is 1. The van der Waals surface area contributed by atoms with Gasteiger partial charge in [0.15, 0.2) is 0 Å². The Hall–Kier alpha value is -3.51. The van der Waals surface area contributed by atoms with Crippen molar-refractivity contribution in [1.82, 2.24) is 15.1 Å². The number of benzene rings is 3. The molecule has 1 unspecified atom stereocenters. The highest BCUT2D eigenvalue weighted by Gasteiger charge is 2.42. The molecule has 5 nitrogen and oxygen atoms in total. The summed E-state index contributed by atoms with van der Waals surface area (Å²) in [6, 6.07) is 24.4. The predicted molar refractivity (Wildman–Crippen MR) is 132 cm³/mol. The lowest BCUT2D eigenvalue weighted by Gasteiger charge is -2.26. The topological polar surface area (TPSA) is 58.2 Å². The van der Waals surface area contributed by atoms with Crippen LogP contribution in [0.15, 0.2) is 77.7 Å². The molecule has 166 valence electrons. The van der Waals surface area contributed by atoms with Gasteiger partial charge in [-0.2, -0.15) is 5.10 Å². The minimum atomic E-state index is -0.222. The number of hydrogen-bond donors (Lipinski definition) is 1. The number of amides is 1. The Bertz CT molecular complexity index is 1280. The smallest absolute Gasteiger partial charge is 0.273 e. The van der Waals surface area contributed by atoms with E-state index in [1.54, 1.807) is 18.9 Å². The van der Waals surface area contributed by atoms with E-state index >= 15 is 0 Å². The second kappa shape index (κ2) is 8.79. The molecule has 1 aliphatic rings. The molecule has 0 spiro atoms. The number of carbonyl (C=O) groups is 1. The van der Waals surface area contributed by atoms with Gasteiger partial charge in [-0.3, -0.25) is 9.89 Å². The van der Waals surface area contributed by atoms with Crippen LogP contribution < -0.4 is 4.74 Å². The van der Waals surface area contributed by atoms with Gasteiger partial charge in [-0.05, 0) is 48.6 Å². The van der Waals surface area contributed by atoms with E-state index < -0.39 is 0 Å². The third-order valence-corrected chi connectivity index (χ3v) is 6.88. The van der Waals surface area contributed by atoms with E-state index in [9.17, 15) is 4.79 Å². The highest BCUT2D eigenvalue weighted by Crippen LogP contribution is 2.43. The molecule has 4 aromatic rings. The van der Waals surface area contributed by atoms with E-state index in [4.69, 9.17) is 4.74 Å². The number of nitrogens with one attached hydrogen (secondary N) is 1. The molecule has 0 saturated heterocycles. The Balaban J connectivity index is 1.60. The SMILES string of the molecule is COc1ccc(CN2C(=O)c3[nH]nc(-c4ccc(C)cc4)c3C2c2ccc(SC)cc2)cc1. The van der Waals surface area contributed by atoms with Crippen molar-refractivity contribution < 1.29 is 9.53 Å². The first kappa shape index (κ1) is 21.3. The number of nitrogens with zero attached hydrogens (tertiary/aromatic N) is 2. The summed E-state index contributed by atoms with van der Waals surface area (Å²) in [5.41, 5.74) is 6.64. The standard InChI is InChI=1S/C27H25N3O2S/c1-17-4-8-19(9-5-17)24-23-25(29-28-24)27(31)30(16-18-6-12-21(32-2)13-7-18)26(23)20-10-14-22(33-3)15-11-20/h4-15,26H,16H2,1-3H3,(H,28,29). The second-order valence-electron chi connectivity index (χ2n) is 8.18. The number of H-pyrrole nitrogens is 1. The highest BCUT2D eigenvalue weighted by atomic mass is 32.2. The molecule has 3 aromatic carbocycles. The number of methoxy groups -OCH3 is 1. The summed E-state index contributed by atoms with van der Waals surface area (Å²) < 4.78 is 5.29. The van der Waals surface area contributed by atoms with Crippen LogP contribution in [0.1, 0.15) is 38.8 Å². The van der Waals surface area contributed by atoms with Gasteiger partial charge in [0, 0.05) is 22.6 Å². The number of rotatable bonds is 6. The summed E-state index contributed by atoms with van der Waals surface area (Å²) in [5, 5.41) is 7.61. The molecule has 1 amide bonds. The number of fused-ring (bicyclic) bond motifs is 1. The number of ether oxygens (including phenoxy) is 1. The molecule has 1 aliphatic heterocycles. The quantitative estimate of drug-likeness (QED) is 0.370. The molecular weight excluding hydrogens is 430 g/mol. The summed E-state index contributed by atoms with van der Waals surface area (Å²) in [6.07, 6.45) is 2.06. The maximum absolute atomic E-state index is 13.6. The molecule has 1 atom stereocenters. The maximum Gasteiger partial charge on any atom is 0.273 e. The number of hydrogen-bond acceptors (Lipinski definition) is 4. The number of carbonyl (C=O) groups excluding carboxylic acids is 1. The van der Waals surface area contributed by atoms with Crippen LogP contribution in [0.3, 0.4) is 0 Å². The molecule has 6 heteroatoms. The van der Waals surface area contributed by atoms with E-state index in [1.165, 1.54) is 10.5 Å². The zero-order valence-electron chi connectivity index (χ0n) is 18.8. The fraction of sp³-hybridized carbons (Fsp3) is 0.185. The maximum atomic E-state index is 13.6. The predicted octanol–water partition coefficient (Wildman–Crippen LogP) is 5.86. The highest BCUT2D eigenvalue weighted by molar-refractivity contribution is 7.98. The molecule has 0 radical (unpaired) electrons. The molecule has 0 aliphatic carbocycles. The van der Waals surface area contributed by atoms with E-state index in [0.29, 0.717) is 12.2 Å². The molecule has 2 heterocycles. The number of aromatic nitrogens is 2. The summed E-state index contributed by atoms with van der Waals surface area (Å²) in [7, 11) is 1.65. The van der Waals surface area contributed by atoms with Gasteiger partial charge in [0.1, 0.15) is 11.4 Å². The molecule has 0 fully saturated rings. The van der Waals surface area contributed by atoms with E-state index in [0.717, 1.165) is 33.7 Å². The first-order chi connectivity index (χ1) is 16.1. The van der Waals surface area contributed by atoms with Crippen LogP contribution in [0.5, 0.6) is 5.75 Å². The van der Waals surface area contributed by atoms with Crippen LogP contribution in [-0.4, -0.2) is 34.4 Å². The molecule has 33 heavy (non-hydrogen) atoms. The van der Waals surface area contributed by atoms with Crippen molar-refractivity contribution in [3.63, 3.8) is 0 Å². The monoisotopic (exact) mass is 455 g/mol. The van der Waals surface area contributed by atoms with Crippen molar-refractivity contribution in [2.24, 2.45) is 0 Å². The van der Waals surface area contributed by atoms with Gasteiger partial charge in [-0.25, -0.2) is 0 Å². The molecule has 1 aromatic heterocycles. The van der Waals surface area contributed by atoms with Gasteiger partial charge < -0.3 is 9.64 Å². The molecule has 5 rings (SSSR count). The minimum Gasteiger partial charge on any atom is -0.497 e. The van der Waals surface area contributed by atoms with Crippen molar-refractivity contribution in [2.45, 2.75) is 24.4 Å². The first-order valence-electron chi connectivity index (χ1n) is 10.8. The fourth-order valence-corrected chi connectivity index (χ4v) is 4.76. The lowest BCUT2D eigenvalue weighted by atomic mass is 9.95. The Labute approximate surface area is 197 Å². The molecule has 1 N–H and O–H groups in total. The van der Waals surface area contributed by atoms with Crippen molar-refractivity contribution in [1.29, 1.82) is 0 Å². The van der Waals surface area contributed by atoms with Gasteiger partial charge in [0.25, 0.3) is 5.91 Å². The largest absolute Gasteiger partial charge is 0.497 e. The average Bonchev–Trinajstić information content (AvgIpc) is 3.39. The fourth-order valence-electron chi connectivity index (χ4n) is 4.35. The van der Waals surface area contributed by atoms with Crippen LogP contribution >= 0.6 is 11.8 Å². The van der Waals surface area contributed by atoms with Crippen LogP contribution in [0.25, 0.3) is 11.3 Å². The number of aromatic amines is 1. The number of aryl methyl sites for hydroxylation is 1. The second-order valence-corrected chi connectivity index (χ2v) is 9.06. The minimum absolute atomic E-state index is 0.0365. The van der Waals surface area contributed by atoms with Crippen molar-refractivity contribution in [3.05, 3.63) is 101 Å². The van der Waals surface area contributed by atoms with Gasteiger partial charge >= 0.3 is 0 Å². The third-order valence-electron chi connectivity index (χ3n) is 6.13. The summed E-state index contributed by atoms with van der Waals surface area (Å²) in [5.74, 6) is 0.761. The van der Waals surface area contributed by atoms with Crippen LogP contribution in [-0.2, 0) is 6.54 Å².